The molecule has 0 unspecified atom stereocenters. The van der Waals surface area contributed by atoms with E-state index in [1.54, 1.807) is 0 Å². The van der Waals surface area contributed by atoms with Crippen LogP contribution in [0.3, 0.4) is 0 Å². The van der Waals surface area contributed by atoms with Crippen LogP contribution in [0, 0.1) is 0 Å². The van der Waals surface area contributed by atoms with Crippen LogP contribution in [0.4, 0.5) is 0 Å². The van der Waals surface area contributed by atoms with Crippen LogP contribution in [-0.2, 0) is 10.0 Å². The third-order valence-electron chi connectivity index (χ3n) is 2.14. The number of benzene rings is 1. The van der Waals surface area contributed by atoms with Gasteiger partial charge in [-0.25, -0.2) is 13.1 Å². The average Bonchev–Trinajstić information content (AvgIpc) is 2.28. The van der Waals surface area contributed by atoms with Crippen LogP contribution < -0.4 is 9.46 Å². The Morgan fingerprint density at radius 1 is 1.29 bits per heavy atom. The van der Waals surface area contributed by atoms with E-state index in [9.17, 15) is 8.42 Å². The van der Waals surface area contributed by atoms with Gasteiger partial charge >= 0.3 is 0 Å². The zero-order chi connectivity index (χ0) is 12.7. The first kappa shape index (κ1) is 14.0. The second kappa shape index (κ2) is 6.61. The van der Waals surface area contributed by atoms with Gasteiger partial charge in [-0.2, -0.15) is 0 Å². The van der Waals surface area contributed by atoms with Gasteiger partial charge in [0.15, 0.2) is 0 Å². The van der Waals surface area contributed by atoms with Crippen molar-refractivity contribution < 1.29 is 13.2 Å². The van der Waals surface area contributed by atoms with Crippen molar-refractivity contribution in [1.82, 2.24) is 4.72 Å². The van der Waals surface area contributed by atoms with E-state index in [0.29, 0.717) is 6.42 Å². The predicted molar refractivity (Wildman–Crippen MR) is 68.6 cm³/mol. The maximum absolute atomic E-state index is 11.4. The molecule has 5 heteroatoms. The number of hydrogen-bond donors (Lipinski definition) is 1. The summed E-state index contributed by atoms with van der Waals surface area (Å²) in [7, 11) is -3.15. The maximum atomic E-state index is 11.4. The summed E-state index contributed by atoms with van der Waals surface area (Å²) >= 11 is 0. The van der Waals surface area contributed by atoms with Gasteiger partial charge in [0, 0.05) is 6.54 Å². The smallest absolute Gasteiger partial charge is 0.211 e. The highest BCUT2D eigenvalue weighted by atomic mass is 32.2. The van der Waals surface area contributed by atoms with Crippen LogP contribution in [0.15, 0.2) is 30.3 Å². The first-order valence-corrected chi connectivity index (χ1v) is 7.38. The summed E-state index contributed by atoms with van der Waals surface area (Å²) in [5.41, 5.74) is 0. The lowest BCUT2D eigenvalue weighted by Gasteiger charge is -2.15. The molecular formula is C12H19NO3S. The molecule has 1 aromatic carbocycles. The molecule has 1 aromatic rings. The van der Waals surface area contributed by atoms with Crippen LogP contribution in [-0.4, -0.2) is 26.8 Å². The molecule has 0 aliphatic heterocycles. The lowest BCUT2D eigenvalue weighted by molar-refractivity contribution is 0.225. The van der Waals surface area contributed by atoms with Gasteiger partial charge in [-0.1, -0.05) is 25.1 Å². The second-order valence-corrected chi connectivity index (χ2v) is 5.84. The van der Waals surface area contributed by atoms with Crippen molar-refractivity contribution in [3.8, 4) is 5.75 Å². The molecule has 0 fully saturated rings. The summed E-state index contributed by atoms with van der Waals surface area (Å²) in [5.74, 6) is 0.903. The minimum Gasteiger partial charge on any atom is -0.489 e. The summed E-state index contributed by atoms with van der Waals surface area (Å²) in [6, 6.07) is 9.35. The van der Waals surface area contributed by atoms with Gasteiger partial charge in [0.05, 0.1) is 5.75 Å². The Bertz CT molecular complexity index is 417. The molecule has 4 nitrogen and oxygen atoms in total. The lowest BCUT2D eigenvalue weighted by atomic mass is 10.3. The van der Waals surface area contributed by atoms with Gasteiger partial charge < -0.3 is 4.74 Å². The monoisotopic (exact) mass is 257 g/mol. The van der Waals surface area contributed by atoms with Gasteiger partial charge in [0.2, 0.25) is 10.0 Å². The minimum absolute atomic E-state index is 0.158. The van der Waals surface area contributed by atoms with E-state index in [1.807, 2.05) is 44.2 Å². The number of para-hydroxylation sites is 1. The summed E-state index contributed by atoms with van der Waals surface area (Å²) in [5, 5.41) is 0. The molecule has 0 spiro atoms. The minimum atomic E-state index is -3.15. The zero-order valence-corrected chi connectivity index (χ0v) is 11.0. The molecule has 0 aliphatic carbocycles. The fourth-order valence-electron chi connectivity index (χ4n) is 1.36. The van der Waals surface area contributed by atoms with Gasteiger partial charge in [0.25, 0.3) is 0 Å². The topological polar surface area (TPSA) is 55.4 Å². The quantitative estimate of drug-likeness (QED) is 0.810. The summed E-state index contributed by atoms with van der Waals surface area (Å²) in [6.45, 7) is 3.96. The molecule has 17 heavy (non-hydrogen) atoms. The first-order chi connectivity index (χ1) is 8.03. The second-order valence-electron chi connectivity index (χ2n) is 3.91. The molecule has 0 amide bonds. The molecule has 0 aliphatic rings. The first-order valence-electron chi connectivity index (χ1n) is 5.72. The third-order valence-corrected chi connectivity index (χ3v) is 3.70. The molecular weight excluding hydrogens is 238 g/mol. The van der Waals surface area contributed by atoms with E-state index in [2.05, 4.69) is 4.72 Å². The fourth-order valence-corrected chi connectivity index (χ4v) is 2.53. The Hall–Kier alpha value is -1.07. The van der Waals surface area contributed by atoms with Crippen molar-refractivity contribution >= 4 is 10.0 Å². The van der Waals surface area contributed by atoms with Crippen LogP contribution in [0.25, 0.3) is 0 Å². The van der Waals surface area contributed by atoms with Crippen molar-refractivity contribution in [3.63, 3.8) is 0 Å². The summed E-state index contributed by atoms with van der Waals surface area (Å²) < 4.78 is 30.9. The highest BCUT2D eigenvalue weighted by Gasteiger charge is 2.11. The van der Waals surface area contributed by atoms with E-state index in [-0.39, 0.29) is 18.4 Å². The Balaban J connectivity index is 2.38. The van der Waals surface area contributed by atoms with Crippen LogP contribution in [0.1, 0.15) is 20.3 Å². The van der Waals surface area contributed by atoms with Crippen molar-refractivity contribution in [3.05, 3.63) is 30.3 Å². The predicted octanol–water partition coefficient (Wildman–Crippen LogP) is 1.78. The molecule has 0 bridgehead atoms. The molecule has 1 atom stereocenters. The Kier molecular flexibility index (Phi) is 5.44. The standard InChI is InChI=1S/C12H19NO3S/c1-3-9-17(14,15)13-10-11(2)16-12-7-5-4-6-8-12/h4-8,11,13H,3,9-10H2,1-2H3/t11-/m1/s1. The number of ether oxygens (including phenoxy) is 1. The van der Waals surface area contributed by atoms with Crippen LogP contribution in [0.5, 0.6) is 5.75 Å². The Morgan fingerprint density at radius 2 is 1.94 bits per heavy atom. The Morgan fingerprint density at radius 3 is 2.53 bits per heavy atom. The lowest BCUT2D eigenvalue weighted by Crippen LogP contribution is -2.34. The molecule has 1 N–H and O–H groups in total. The normalized spacial score (nSPS) is 13.3. The number of rotatable bonds is 7. The molecule has 0 aromatic heterocycles. The van der Waals surface area contributed by atoms with E-state index < -0.39 is 10.0 Å². The Labute approximate surface area is 103 Å². The van der Waals surface area contributed by atoms with Crippen molar-refractivity contribution in [2.24, 2.45) is 0 Å². The van der Waals surface area contributed by atoms with E-state index in [4.69, 9.17) is 4.74 Å². The SMILES string of the molecule is CCCS(=O)(=O)NC[C@@H](C)Oc1ccccc1. The van der Waals surface area contributed by atoms with Crippen LogP contribution in [0.2, 0.25) is 0 Å². The molecule has 0 heterocycles. The highest BCUT2D eigenvalue weighted by molar-refractivity contribution is 7.89. The number of hydrogen-bond acceptors (Lipinski definition) is 3. The molecule has 0 saturated heterocycles. The molecule has 1 rings (SSSR count). The van der Waals surface area contributed by atoms with E-state index >= 15 is 0 Å². The van der Waals surface area contributed by atoms with E-state index in [0.717, 1.165) is 5.75 Å². The van der Waals surface area contributed by atoms with Gasteiger partial charge in [-0.15, -0.1) is 0 Å². The van der Waals surface area contributed by atoms with E-state index in [1.165, 1.54) is 0 Å². The van der Waals surface area contributed by atoms with Gasteiger partial charge in [0.1, 0.15) is 11.9 Å². The van der Waals surface area contributed by atoms with Crippen molar-refractivity contribution in [1.29, 1.82) is 0 Å². The average molecular weight is 257 g/mol. The zero-order valence-electron chi connectivity index (χ0n) is 10.2. The summed E-state index contributed by atoms with van der Waals surface area (Å²) in [4.78, 5) is 0. The molecule has 0 radical (unpaired) electrons. The number of sulfonamides is 1. The molecule has 96 valence electrons. The number of nitrogens with one attached hydrogen (secondary N) is 1. The van der Waals surface area contributed by atoms with Crippen molar-refractivity contribution in [2.75, 3.05) is 12.3 Å². The summed E-state index contributed by atoms with van der Waals surface area (Å²) in [6.07, 6.45) is 0.424. The van der Waals surface area contributed by atoms with Crippen molar-refractivity contribution in [2.45, 2.75) is 26.4 Å². The van der Waals surface area contributed by atoms with Crippen LogP contribution >= 0.6 is 0 Å². The van der Waals surface area contributed by atoms with Gasteiger partial charge in [-0.05, 0) is 25.5 Å². The molecule has 0 saturated carbocycles. The van der Waals surface area contributed by atoms with Gasteiger partial charge in [-0.3, -0.25) is 0 Å². The largest absolute Gasteiger partial charge is 0.489 e. The third kappa shape index (κ3) is 5.70. The maximum Gasteiger partial charge on any atom is 0.211 e. The fraction of sp³-hybridized carbons (Fsp3) is 0.500. The highest BCUT2D eigenvalue weighted by Crippen LogP contribution is 2.10.